The number of Topliss-reactive ketones (excluding diaryl/α,β-unsaturated/α-hetero) is 1. The minimum atomic E-state index is -1.09. The van der Waals surface area contributed by atoms with Gasteiger partial charge in [-0.1, -0.05) is 48.5 Å². The van der Waals surface area contributed by atoms with E-state index in [1.165, 1.54) is 6.92 Å². The molecule has 0 radical (unpaired) electrons. The highest BCUT2D eigenvalue weighted by molar-refractivity contribution is 6.07. The molecule has 2 N–H and O–H groups in total. The lowest BCUT2D eigenvalue weighted by atomic mass is 10.1. The van der Waals surface area contributed by atoms with Crippen molar-refractivity contribution in [2.75, 3.05) is 0 Å². The summed E-state index contributed by atoms with van der Waals surface area (Å²) in [5.41, 5.74) is 2.13. The number of carbonyl (C=O) groups excluding carboxylic acids is 2. The molecule has 0 aliphatic heterocycles. The number of nitrogens with zero attached hydrogens (tertiary/aromatic N) is 1. The molecule has 0 fully saturated rings. The standard InChI is InChI=1S/C21H20N2O4/c1-14(24)17-12-23(19-10-6-5-9-16(17)19)13-20(25)22-18(21(26)27)11-15-7-3-2-4-8-15/h2-10,12,18H,11,13H2,1H3,(H,22,25)(H,26,27)/t18-/m0/s1. The van der Waals surface area contributed by atoms with Crippen LogP contribution in [0.2, 0.25) is 0 Å². The van der Waals surface area contributed by atoms with Crippen molar-refractivity contribution in [3.8, 4) is 0 Å². The van der Waals surface area contributed by atoms with Crippen LogP contribution in [0.25, 0.3) is 10.9 Å². The van der Waals surface area contributed by atoms with E-state index in [-0.39, 0.29) is 18.7 Å². The first-order chi connectivity index (χ1) is 13.0. The molecule has 0 spiro atoms. The number of amides is 1. The third kappa shape index (κ3) is 4.23. The van der Waals surface area contributed by atoms with Gasteiger partial charge in [0.2, 0.25) is 5.91 Å². The lowest BCUT2D eigenvalue weighted by Gasteiger charge is -2.15. The molecule has 27 heavy (non-hydrogen) atoms. The Balaban J connectivity index is 1.77. The van der Waals surface area contributed by atoms with Crippen molar-refractivity contribution in [3.63, 3.8) is 0 Å². The fourth-order valence-corrected chi connectivity index (χ4v) is 3.10. The van der Waals surface area contributed by atoms with Gasteiger partial charge in [-0.3, -0.25) is 9.59 Å². The average molecular weight is 364 g/mol. The fourth-order valence-electron chi connectivity index (χ4n) is 3.10. The van der Waals surface area contributed by atoms with Gasteiger partial charge in [-0.05, 0) is 18.6 Å². The smallest absolute Gasteiger partial charge is 0.326 e. The van der Waals surface area contributed by atoms with E-state index in [4.69, 9.17) is 0 Å². The monoisotopic (exact) mass is 364 g/mol. The van der Waals surface area contributed by atoms with Crippen LogP contribution < -0.4 is 5.32 Å². The second kappa shape index (κ2) is 7.86. The molecule has 6 heteroatoms. The van der Waals surface area contributed by atoms with Gasteiger partial charge in [0.15, 0.2) is 5.78 Å². The summed E-state index contributed by atoms with van der Waals surface area (Å²) >= 11 is 0. The number of para-hydroxylation sites is 1. The van der Waals surface area contributed by atoms with Crippen LogP contribution in [0.4, 0.5) is 0 Å². The molecule has 1 aromatic heterocycles. The van der Waals surface area contributed by atoms with Crippen LogP contribution in [-0.4, -0.2) is 33.4 Å². The highest BCUT2D eigenvalue weighted by Gasteiger charge is 2.21. The molecule has 3 rings (SSSR count). The normalized spacial score (nSPS) is 11.9. The van der Waals surface area contributed by atoms with Crippen LogP contribution in [0.1, 0.15) is 22.8 Å². The van der Waals surface area contributed by atoms with Crippen molar-refractivity contribution in [1.29, 1.82) is 0 Å². The van der Waals surface area contributed by atoms with Crippen LogP contribution in [0.5, 0.6) is 0 Å². The first kappa shape index (κ1) is 18.4. The molecule has 1 amide bonds. The van der Waals surface area contributed by atoms with Crippen molar-refractivity contribution in [3.05, 3.63) is 71.9 Å². The highest BCUT2D eigenvalue weighted by Crippen LogP contribution is 2.21. The molecule has 0 bridgehead atoms. The van der Waals surface area contributed by atoms with Crippen molar-refractivity contribution in [2.45, 2.75) is 25.9 Å². The molecule has 0 unspecified atom stereocenters. The van der Waals surface area contributed by atoms with Crippen molar-refractivity contribution < 1.29 is 19.5 Å². The fraction of sp³-hybridized carbons (Fsp3) is 0.190. The van der Waals surface area contributed by atoms with Gasteiger partial charge in [-0.15, -0.1) is 0 Å². The summed E-state index contributed by atoms with van der Waals surface area (Å²) < 4.78 is 1.67. The number of nitrogens with one attached hydrogen (secondary N) is 1. The minimum Gasteiger partial charge on any atom is -0.480 e. The number of fused-ring (bicyclic) bond motifs is 1. The van der Waals surface area contributed by atoms with Crippen molar-refractivity contribution in [2.24, 2.45) is 0 Å². The molecule has 0 saturated carbocycles. The first-order valence-corrected chi connectivity index (χ1v) is 8.60. The summed E-state index contributed by atoms with van der Waals surface area (Å²) in [6.45, 7) is 1.42. The van der Waals surface area contributed by atoms with E-state index in [1.807, 2.05) is 54.6 Å². The summed E-state index contributed by atoms with van der Waals surface area (Å²) in [6.07, 6.45) is 1.84. The van der Waals surface area contributed by atoms with Gasteiger partial charge < -0.3 is 15.0 Å². The third-order valence-corrected chi connectivity index (χ3v) is 4.40. The molecule has 0 saturated heterocycles. The highest BCUT2D eigenvalue weighted by atomic mass is 16.4. The van der Waals surface area contributed by atoms with Crippen LogP contribution in [0.3, 0.4) is 0 Å². The lowest BCUT2D eigenvalue weighted by molar-refractivity contribution is -0.141. The van der Waals surface area contributed by atoms with Gasteiger partial charge in [0.25, 0.3) is 0 Å². The summed E-state index contributed by atoms with van der Waals surface area (Å²) in [6, 6.07) is 15.4. The summed E-state index contributed by atoms with van der Waals surface area (Å²) in [5.74, 6) is -1.60. The molecule has 138 valence electrons. The second-order valence-electron chi connectivity index (χ2n) is 6.39. The van der Waals surface area contributed by atoms with Gasteiger partial charge in [-0.25, -0.2) is 4.79 Å². The minimum absolute atomic E-state index is 0.0631. The summed E-state index contributed by atoms with van der Waals surface area (Å²) in [5, 5.41) is 12.8. The van der Waals surface area contributed by atoms with E-state index in [1.54, 1.807) is 10.8 Å². The number of aliphatic carboxylic acids is 1. The molecule has 0 aliphatic rings. The number of carboxylic acids is 1. The topological polar surface area (TPSA) is 88.4 Å². The zero-order valence-electron chi connectivity index (χ0n) is 14.9. The molecule has 1 heterocycles. The molecule has 0 aliphatic carbocycles. The van der Waals surface area contributed by atoms with E-state index in [9.17, 15) is 19.5 Å². The van der Waals surface area contributed by atoms with Gasteiger partial charge in [0.1, 0.15) is 12.6 Å². The summed E-state index contributed by atoms with van der Waals surface area (Å²) in [4.78, 5) is 35.8. The van der Waals surface area contributed by atoms with E-state index in [0.29, 0.717) is 5.56 Å². The Kier molecular flexibility index (Phi) is 5.35. The number of hydrogen-bond acceptors (Lipinski definition) is 3. The SMILES string of the molecule is CC(=O)c1cn(CC(=O)N[C@@H](Cc2ccccc2)C(=O)O)c2ccccc12. The van der Waals surface area contributed by atoms with Crippen LogP contribution in [0, 0.1) is 0 Å². The van der Waals surface area contributed by atoms with Crippen LogP contribution in [-0.2, 0) is 22.6 Å². The lowest BCUT2D eigenvalue weighted by Crippen LogP contribution is -2.43. The van der Waals surface area contributed by atoms with Gasteiger partial charge in [-0.2, -0.15) is 0 Å². The number of benzene rings is 2. The molecule has 3 aromatic rings. The number of carboxylic acid groups (broad SMARTS) is 1. The Morgan fingerprint density at radius 1 is 1.04 bits per heavy atom. The van der Waals surface area contributed by atoms with Crippen LogP contribution in [0.15, 0.2) is 60.8 Å². The van der Waals surface area contributed by atoms with E-state index >= 15 is 0 Å². The van der Waals surface area contributed by atoms with Gasteiger partial charge >= 0.3 is 5.97 Å². The average Bonchev–Trinajstić information content (AvgIpc) is 3.01. The quantitative estimate of drug-likeness (QED) is 0.631. The largest absolute Gasteiger partial charge is 0.480 e. The van der Waals surface area contributed by atoms with Gasteiger partial charge in [0, 0.05) is 29.1 Å². The first-order valence-electron chi connectivity index (χ1n) is 8.60. The maximum Gasteiger partial charge on any atom is 0.326 e. The van der Waals surface area contributed by atoms with E-state index < -0.39 is 17.9 Å². The maximum atomic E-state index is 12.5. The van der Waals surface area contributed by atoms with Crippen molar-refractivity contribution in [1.82, 2.24) is 9.88 Å². The number of rotatable bonds is 7. The molecular weight excluding hydrogens is 344 g/mol. The van der Waals surface area contributed by atoms with Crippen LogP contribution >= 0.6 is 0 Å². The number of carbonyl (C=O) groups is 3. The van der Waals surface area contributed by atoms with E-state index in [2.05, 4.69) is 5.32 Å². The Morgan fingerprint density at radius 3 is 2.37 bits per heavy atom. The molecule has 1 atom stereocenters. The predicted molar refractivity (Wildman–Crippen MR) is 102 cm³/mol. The second-order valence-corrected chi connectivity index (χ2v) is 6.39. The molecule has 6 nitrogen and oxygen atoms in total. The number of hydrogen-bond donors (Lipinski definition) is 2. The molecular formula is C21H20N2O4. The predicted octanol–water partition coefficient (Wildman–Crippen LogP) is 2.66. The van der Waals surface area contributed by atoms with Gasteiger partial charge in [0.05, 0.1) is 0 Å². The Labute approximate surface area is 156 Å². The molecule has 2 aromatic carbocycles. The summed E-state index contributed by atoms with van der Waals surface area (Å²) in [7, 11) is 0. The maximum absolute atomic E-state index is 12.5. The van der Waals surface area contributed by atoms with Crippen molar-refractivity contribution >= 4 is 28.6 Å². The number of ketones is 1. The zero-order chi connectivity index (χ0) is 19.4. The van der Waals surface area contributed by atoms with E-state index in [0.717, 1.165) is 16.5 Å². The zero-order valence-corrected chi connectivity index (χ0v) is 14.9. The number of aromatic nitrogens is 1. The Morgan fingerprint density at radius 2 is 1.70 bits per heavy atom. The third-order valence-electron chi connectivity index (χ3n) is 4.40. The Hall–Kier alpha value is -3.41. The Bertz CT molecular complexity index is 992.